The van der Waals surface area contributed by atoms with Gasteiger partial charge in [-0.25, -0.2) is 29.2 Å². The number of amides is 3. The van der Waals surface area contributed by atoms with Gasteiger partial charge in [-0.15, -0.1) is 0 Å². The lowest BCUT2D eigenvalue weighted by molar-refractivity contribution is 0.0785. The Hall–Kier alpha value is -3.82. The highest BCUT2D eigenvalue weighted by molar-refractivity contribution is 5.87. The maximum absolute atomic E-state index is 12.7. The minimum absolute atomic E-state index is 0.00337. The number of urea groups is 1. The summed E-state index contributed by atoms with van der Waals surface area (Å²) in [6.07, 6.45) is 6.45. The number of aromatic amines is 1. The molecule has 1 heterocycles. The van der Waals surface area contributed by atoms with Crippen molar-refractivity contribution in [3.05, 3.63) is 21.6 Å². The quantitative estimate of drug-likeness (QED) is 0.185. The van der Waals surface area contributed by atoms with Gasteiger partial charge in [0.15, 0.2) is 0 Å². The van der Waals surface area contributed by atoms with E-state index in [-0.39, 0.29) is 46.7 Å². The van der Waals surface area contributed by atoms with Gasteiger partial charge in [-0.3, -0.25) is 10.1 Å². The molecule has 44 heavy (non-hydrogen) atoms. The molecule has 1 fully saturated rings. The van der Waals surface area contributed by atoms with E-state index in [0.29, 0.717) is 43.7 Å². The van der Waals surface area contributed by atoms with Gasteiger partial charge in [0.2, 0.25) is 18.1 Å². The molecule has 4 N–H and O–H groups in total. The molecular weight excluding hydrogens is 566 g/mol. The molecule has 3 amide bonds. The second-order valence-electron chi connectivity index (χ2n) is 14.7. The third-order valence-corrected chi connectivity index (χ3v) is 7.89. The molecule has 0 aromatic carbocycles. The smallest absolute Gasteiger partial charge is 0.407 e. The molecule has 0 saturated heterocycles. The van der Waals surface area contributed by atoms with Crippen molar-refractivity contribution in [1.29, 1.82) is 0 Å². The van der Waals surface area contributed by atoms with E-state index in [9.17, 15) is 24.0 Å². The monoisotopic (exact) mass is 615 g/mol. The van der Waals surface area contributed by atoms with Gasteiger partial charge < -0.3 is 20.4 Å². The van der Waals surface area contributed by atoms with Crippen LogP contribution in [0.5, 0.6) is 0 Å². The van der Waals surface area contributed by atoms with E-state index < -0.39 is 17.7 Å². The number of H-pyrrole nitrogens is 1. The van der Waals surface area contributed by atoms with Crippen molar-refractivity contribution in [2.45, 2.75) is 100.0 Å². The minimum Gasteiger partial charge on any atom is -0.449 e. The topological polar surface area (TPSA) is 184 Å². The number of isocyanates is 2. The Labute approximate surface area is 259 Å². The van der Waals surface area contributed by atoms with Crippen LogP contribution in [-0.2, 0) is 20.7 Å². The molecule has 0 bridgehead atoms. The summed E-state index contributed by atoms with van der Waals surface area (Å²) >= 11 is 0. The van der Waals surface area contributed by atoms with Gasteiger partial charge in [-0.2, -0.15) is 4.98 Å². The largest absolute Gasteiger partial charge is 0.449 e. The lowest BCUT2D eigenvalue weighted by Gasteiger charge is -2.45. The predicted molar refractivity (Wildman–Crippen MR) is 167 cm³/mol. The van der Waals surface area contributed by atoms with Crippen molar-refractivity contribution < 1.29 is 23.9 Å². The van der Waals surface area contributed by atoms with E-state index in [1.165, 1.54) is 0 Å². The molecule has 244 valence electrons. The summed E-state index contributed by atoms with van der Waals surface area (Å²) < 4.78 is 5.32. The van der Waals surface area contributed by atoms with E-state index in [4.69, 9.17) is 4.74 Å². The molecular formula is C31H49N7O6. The second kappa shape index (κ2) is 15.3. The number of carbonyl (C=O) groups excluding carboxylic acids is 4. The first kappa shape index (κ1) is 36.4. The molecule has 1 aliphatic carbocycles. The van der Waals surface area contributed by atoms with Crippen LogP contribution in [0.4, 0.5) is 15.5 Å². The number of aryl methyl sites for hydroxylation is 1. The van der Waals surface area contributed by atoms with Crippen molar-refractivity contribution in [3.8, 4) is 0 Å². The molecule has 13 heteroatoms. The Kier molecular flexibility index (Phi) is 12.6. The number of hydrogen-bond acceptors (Lipinski definition) is 9. The fourth-order valence-corrected chi connectivity index (χ4v) is 6.76. The summed E-state index contributed by atoms with van der Waals surface area (Å²) in [6.45, 7) is 17.3. The summed E-state index contributed by atoms with van der Waals surface area (Å²) in [4.78, 5) is 73.5. The lowest BCUT2D eigenvalue weighted by atomic mass is 9.63. The number of rotatable bonds is 13. The molecule has 0 aliphatic heterocycles. The molecule has 1 aliphatic rings. The van der Waals surface area contributed by atoms with E-state index in [2.05, 4.69) is 77.4 Å². The van der Waals surface area contributed by atoms with Crippen molar-refractivity contribution in [1.82, 2.24) is 20.6 Å². The molecule has 1 aromatic rings. The maximum Gasteiger partial charge on any atom is 0.407 e. The van der Waals surface area contributed by atoms with Crippen molar-refractivity contribution in [2.75, 3.05) is 31.6 Å². The highest BCUT2D eigenvalue weighted by Gasteiger charge is 2.41. The number of hydrogen-bond donors (Lipinski definition) is 4. The second-order valence-corrected chi connectivity index (χ2v) is 14.7. The number of carbonyl (C=O) groups is 2. The van der Waals surface area contributed by atoms with Gasteiger partial charge in [0.1, 0.15) is 0 Å². The van der Waals surface area contributed by atoms with Crippen LogP contribution in [0.2, 0.25) is 0 Å². The summed E-state index contributed by atoms with van der Waals surface area (Å²) in [7, 11) is 0. The Morgan fingerprint density at radius 2 is 1.82 bits per heavy atom. The number of anilines is 1. The van der Waals surface area contributed by atoms with Crippen LogP contribution < -0.4 is 21.5 Å². The molecule has 2 rings (SSSR count). The number of alkyl carbamates (subject to hydrolysis) is 1. The lowest BCUT2D eigenvalue weighted by Crippen LogP contribution is -2.45. The molecule has 0 radical (unpaired) electrons. The molecule has 3 unspecified atom stereocenters. The fourth-order valence-electron chi connectivity index (χ4n) is 6.76. The zero-order valence-corrected chi connectivity index (χ0v) is 27.4. The zero-order chi connectivity index (χ0) is 33.2. The van der Waals surface area contributed by atoms with E-state index in [1.807, 2.05) is 6.92 Å². The molecule has 3 atom stereocenters. The highest BCUT2D eigenvalue weighted by Crippen LogP contribution is 2.46. The van der Waals surface area contributed by atoms with Gasteiger partial charge in [0.25, 0.3) is 5.56 Å². The summed E-state index contributed by atoms with van der Waals surface area (Å²) in [6, 6.07) is -0.661. The number of aliphatic imine (C=N–C) groups is 2. The van der Waals surface area contributed by atoms with E-state index >= 15 is 0 Å². The molecule has 13 nitrogen and oxygen atoms in total. The van der Waals surface area contributed by atoms with Crippen LogP contribution in [0.15, 0.2) is 14.8 Å². The molecule has 1 aromatic heterocycles. The summed E-state index contributed by atoms with van der Waals surface area (Å²) in [5, 5.41) is 8.21. The van der Waals surface area contributed by atoms with Crippen LogP contribution in [-0.4, -0.2) is 66.5 Å². The number of nitrogens with zero attached hydrogens (tertiary/aromatic N) is 3. The third kappa shape index (κ3) is 12.4. The standard InChI is InChI=1S/C31H49N7O6/c1-21-23(9-12-44-27(43)34-18-31(8)14-22(35-20-40)13-29(5,6)16-31)24(41)37-25(36-21)38-26(42)33-17-30(7,10-11-32-19-39)15-28(2,3)4/h22H,9-18H2,1-8H3,(H,34,43)(H3,33,36,37,38,41,42). The number of nitrogens with one attached hydrogen (secondary N) is 4. The van der Waals surface area contributed by atoms with Crippen LogP contribution >= 0.6 is 0 Å². The van der Waals surface area contributed by atoms with Gasteiger partial charge in [-0.05, 0) is 60.7 Å². The number of ether oxygens (including phenoxy) is 1. The maximum atomic E-state index is 12.7. The first-order valence-corrected chi connectivity index (χ1v) is 15.0. The van der Waals surface area contributed by atoms with E-state index in [0.717, 1.165) is 19.3 Å². The Balaban J connectivity index is 1.90. The fraction of sp³-hybridized carbons (Fsp3) is 0.742. The minimum atomic E-state index is -0.599. The Morgan fingerprint density at radius 3 is 2.43 bits per heavy atom. The Morgan fingerprint density at radius 1 is 1.11 bits per heavy atom. The first-order valence-electron chi connectivity index (χ1n) is 15.0. The first-order chi connectivity index (χ1) is 20.4. The normalized spacial score (nSPS) is 20.7. The molecule has 1 saturated carbocycles. The molecule has 0 spiro atoms. The predicted octanol–water partition coefficient (Wildman–Crippen LogP) is 4.56. The number of aromatic nitrogens is 2. The van der Waals surface area contributed by atoms with Gasteiger partial charge in [0, 0.05) is 30.8 Å². The average Bonchev–Trinajstić information content (AvgIpc) is 2.86. The van der Waals surface area contributed by atoms with Crippen LogP contribution in [0.25, 0.3) is 0 Å². The highest BCUT2D eigenvalue weighted by atomic mass is 16.5. The summed E-state index contributed by atoms with van der Waals surface area (Å²) in [5.41, 5.74) is -0.320. The van der Waals surface area contributed by atoms with Crippen LogP contribution in [0.3, 0.4) is 0 Å². The van der Waals surface area contributed by atoms with Gasteiger partial charge >= 0.3 is 12.1 Å². The van der Waals surface area contributed by atoms with Gasteiger partial charge in [0.05, 0.1) is 19.2 Å². The van der Waals surface area contributed by atoms with Crippen molar-refractivity contribution >= 4 is 30.2 Å². The summed E-state index contributed by atoms with van der Waals surface area (Å²) in [5.74, 6) is -0.00337. The van der Waals surface area contributed by atoms with Crippen molar-refractivity contribution in [2.24, 2.45) is 31.6 Å². The Bertz CT molecular complexity index is 1320. The van der Waals surface area contributed by atoms with E-state index in [1.54, 1.807) is 19.1 Å². The SMILES string of the molecule is Cc1[nH]c(NC(=O)NCC(C)(CCN=C=O)CC(C)(C)C)nc(=O)c1CCOC(=O)NCC1(C)CC(N=C=O)CC(C)(C)C1. The third-order valence-electron chi connectivity index (χ3n) is 7.89. The van der Waals surface area contributed by atoms with Crippen LogP contribution in [0.1, 0.15) is 91.8 Å². The average molecular weight is 616 g/mol. The van der Waals surface area contributed by atoms with Gasteiger partial charge in [-0.1, -0.05) is 48.5 Å². The van der Waals surface area contributed by atoms with Crippen LogP contribution in [0, 0.1) is 28.6 Å². The van der Waals surface area contributed by atoms with Crippen molar-refractivity contribution in [3.63, 3.8) is 0 Å². The zero-order valence-electron chi connectivity index (χ0n) is 27.4.